The van der Waals surface area contributed by atoms with Gasteiger partial charge in [0, 0.05) is 19.6 Å². The lowest BCUT2D eigenvalue weighted by Gasteiger charge is -2.48. The minimum absolute atomic E-state index is 0.0196. The van der Waals surface area contributed by atoms with Crippen LogP contribution in [-0.4, -0.2) is 48.1 Å². The normalized spacial score (nSPS) is 34.6. The van der Waals surface area contributed by atoms with Crippen molar-refractivity contribution < 1.29 is 28.9 Å². The van der Waals surface area contributed by atoms with Crippen molar-refractivity contribution in [1.82, 2.24) is 0 Å². The first-order valence-electron chi connectivity index (χ1n) is 12.0. The third-order valence-corrected chi connectivity index (χ3v) is 7.90. The lowest BCUT2D eigenvalue weighted by Crippen LogP contribution is -2.53. The summed E-state index contributed by atoms with van der Waals surface area (Å²) in [4.78, 5) is 22.0. The van der Waals surface area contributed by atoms with E-state index in [1.54, 1.807) is 6.08 Å². The third kappa shape index (κ3) is 5.49. The van der Waals surface area contributed by atoms with Gasteiger partial charge in [-0.15, -0.1) is 0 Å². The van der Waals surface area contributed by atoms with Crippen molar-refractivity contribution in [3.05, 3.63) is 42.0 Å². The molecule has 2 heterocycles. The SMILES string of the molecule is COCC(=O)OC1CC2(C(C)C)CC3[C@H](C)CC[C@H]3C1(C)O2.O=C(O)/C=C/c1ccccc1. The zero-order valence-electron chi connectivity index (χ0n) is 20.5. The van der Waals surface area contributed by atoms with Crippen LogP contribution in [0.4, 0.5) is 0 Å². The van der Waals surface area contributed by atoms with Gasteiger partial charge >= 0.3 is 11.9 Å². The van der Waals surface area contributed by atoms with E-state index >= 15 is 0 Å². The Morgan fingerprint density at radius 3 is 2.52 bits per heavy atom. The van der Waals surface area contributed by atoms with Crippen LogP contribution in [0.25, 0.3) is 6.08 Å². The molecule has 1 N–H and O–H groups in total. The van der Waals surface area contributed by atoms with Crippen LogP contribution in [0.3, 0.4) is 0 Å². The van der Waals surface area contributed by atoms with Gasteiger partial charge in [0.15, 0.2) is 0 Å². The lowest BCUT2D eigenvalue weighted by atomic mass is 9.72. The fraction of sp³-hybridized carbons (Fsp3) is 0.630. The summed E-state index contributed by atoms with van der Waals surface area (Å²) in [5, 5.41) is 8.29. The van der Waals surface area contributed by atoms with Gasteiger partial charge in [0.25, 0.3) is 0 Å². The highest BCUT2D eigenvalue weighted by molar-refractivity contribution is 5.85. The molecule has 1 aromatic carbocycles. The molecule has 2 bridgehead atoms. The van der Waals surface area contributed by atoms with Gasteiger partial charge in [-0.25, -0.2) is 9.59 Å². The van der Waals surface area contributed by atoms with E-state index in [0.29, 0.717) is 17.8 Å². The molecule has 6 heteroatoms. The van der Waals surface area contributed by atoms with Crippen molar-refractivity contribution in [3.8, 4) is 0 Å². The average Bonchev–Trinajstić information content (AvgIpc) is 3.25. The number of benzene rings is 1. The lowest BCUT2D eigenvalue weighted by molar-refractivity contribution is -0.215. The molecule has 0 amide bonds. The van der Waals surface area contributed by atoms with Crippen LogP contribution in [0.15, 0.2) is 36.4 Å². The fourth-order valence-electron chi connectivity index (χ4n) is 6.01. The number of carbonyl (C=O) groups is 2. The van der Waals surface area contributed by atoms with Crippen molar-refractivity contribution in [2.75, 3.05) is 13.7 Å². The molecular formula is C27H38O6. The van der Waals surface area contributed by atoms with E-state index in [9.17, 15) is 9.59 Å². The maximum absolute atomic E-state index is 12.0. The first-order chi connectivity index (χ1) is 15.6. The molecule has 6 nitrogen and oxygen atoms in total. The summed E-state index contributed by atoms with van der Waals surface area (Å²) in [6, 6.07) is 9.31. The average molecular weight is 459 g/mol. The summed E-state index contributed by atoms with van der Waals surface area (Å²) in [5.74, 6) is 1.20. The number of fused-ring (bicyclic) bond motifs is 4. The Morgan fingerprint density at radius 1 is 1.21 bits per heavy atom. The molecule has 2 aliphatic heterocycles. The third-order valence-electron chi connectivity index (χ3n) is 7.90. The maximum Gasteiger partial charge on any atom is 0.332 e. The van der Waals surface area contributed by atoms with Crippen LogP contribution in [0.5, 0.6) is 0 Å². The topological polar surface area (TPSA) is 82.1 Å². The Balaban J connectivity index is 0.000000235. The number of hydrogen-bond donors (Lipinski definition) is 1. The number of ether oxygens (including phenoxy) is 3. The molecule has 1 saturated carbocycles. The van der Waals surface area contributed by atoms with E-state index in [-0.39, 0.29) is 29.9 Å². The number of esters is 1. The number of carbonyl (C=O) groups excluding carboxylic acids is 1. The van der Waals surface area contributed by atoms with Crippen LogP contribution >= 0.6 is 0 Å². The summed E-state index contributed by atoms with van der Waals surface area (Å²) >= 11 is 0. The predicted octanol–water partition coefficient (Wildman–Crippen LogP) is 4.97. The smallest absolute Gasteiger partial charge is 0.332 e. The molecule has 2 saturated heterocycles. The van der Waals surface area contributed by atoms with Gasteiger partial charge in [-0.2, -0.15) is 0 Å². The molecule has 4 rings (SSSR count). The van der Waals surface area contributed by atoms with Crippen molar-refractivity contribution >= 4 is 18.0 Å². The van der Waals surface area contributed by atoms with E-state index < -0.39 is 5.97 Å². The van der Waals surface area contributed by atoms with Crippen molar-refractivity contribution in [2.45, 2.75) is 70.7 Å². The van der Waals surface area contributed by atoms with Gasteiger partial charge < -0.3 is 19.3 Å². The fourth-order valence-corrected chi connectivity index (χ4v) is 6.01. The van der Waals surface area contributed by atoms with E-state index in [0.717, 1.165) is 30.4 Å². The second-order valence-electron chi connectivity index (χ2n) is 10.2. The van der Waals surface area contributed by atoms with Gasteiger partial charge in [0.05, 0.1) is 5.60 Å². The second kappa shape index (κ2) is 10.4. The second-order valence-corrected chi connectivity index (χ2v) is 10.2. The molecule has 182 valence electrons. The number of carboxylic acids is 1. The zero-order chi connectivity index (χ0) is 24.2. The van der Waals surface area contributed by atoms with Gasteiger partial charge in [0.2, 0.25) is 0 Å². The van der Waals surface area contributed by atoms with Gasteiger partial charge in [-0.1, -0.05) is 57.5 Å². The van der Waals surface area contributed by atoms with Crippen molar-refractivity contribution in [2.24, 2.45) is 23.7 Å². The highest BCUT2D eigenvalue weighted by atomic mass is 16.6. The molecular weight excluding hydrogens is 420 g/mol. The molecule has 0 aromatic heterocycles. The van der Waals surface area contributed by atoms with Crippen LogP contribution in [0.1, 0.15) is 58.9 Å². The van der Waals surface area contributed by atoms with E-state index in [2.05, 4.69) is 27.7 Å². The van der Waals surface area contributed by atoms with Gasteiger partial charge in [0.1, 0.15) is 18.3 Å². The molecule has 33 heavy (non-hydrogen) atoms. The minimum Gasteiger partial charge on any atom is -0.478 e. The highest BCUT2D eigenvalue weighted by Gasteiger charge is 2.66. The highest BCUT2D eigenvalue weighted by Crippen LogP contribution is 2.62. The minimum atomic E-state index is -0.922. The maximum atomic E-state index is 12.0. The predicted molar refractivity (Wildman–Crippen MR) is 127 cm³/mol. The number of methoxy groups -OCH3 is 1. The van der Waals surface area contributed by atoms with E-state index in [1.165, 1.54) is 20.0 Å². The first kappa shape index (κ1) is 25.4. The van der Waals surface area contributed by atoms with Crippen LogP contribution in [-0.2, 0) is 23.8 Å². The number of hydrogen-bond acceptors (Lipinski definition) is 5. The Kier molecular flexibility index (Phi) is 8.01. The first-order valence-corrected chi connectivity index (χ1v) is 12.0. The summed E-state index contributed by atoms with van der Waals surface area (Å²) < 4.78 is 17.4. The van der Waals surface area contributed by atoms with Crippen LogP contribution < -0.4 is 0 Å². The molecule has 3 fully saturated rings. The van der Waals surface area contributed by atoms with Crippen LogP contribution in [0, 0.1) is 23.7 Å². The Bertz CT molecular complexity index is 849. The van der Waals surface area contributed by atoms with Crippen LogP contribution in [0.2, 0.25) is 0 Å². The largest absolute Gasteiger partial charge is 0.478 e. The quantitative estimate of drug-likeness (QED) is 0.479. The Hall–Kier alpha value is -2.18. The summed E-state index contributed by atoms with van der Waals surface area (Å²) in [7, 11) is 1.52. The number of carboxylic acid groups (broad SMARTS) is 1. The number of aliphatic carboxylic acids is 1. The molecule has 0 radical (unpaired) electrons. The Morgan fingerprint density at radius 2 is 1.91 bits per heavy atom. The molecule has 3 aliphatic rings. The summed E-state index contributed by atoms with van der Waals surface area (Å²) in [6.45, 7) is 9.04. The number of rotatable bonds is 6. The summed E-state index contributed by atoms with van der Waals surface area (Å²) in [6.07, 6.45) is 6.94. The van der Waals surface area contributed by atoms with Crippen molar-refractivity contribution in [3.63, 3.8) is 0 Å². The standard InChI is InChI=1S/C18H30O4.C9H8O2/c1-11(2)18-8-13-12(3)6-7-14(13)17(4,22-18)15(9-18)21-16(19)10-20-5;10-9(11)7-6-8-4-2-1-3-5-8/h11-15H,6-10H2,1-5H3;1-7H,(H,10,11)/b;7-6+/t12-,13?,14-,15?,17?,18?;/m1./s1. The zero-order valence-corrected chi connectivity index (χ0v) is 20.5. The Labute approximate surface area is 197 Å². The molecule has 1 aromatic rings. The van der Waals surface area contributed by atoms with Gasteiger partial charge in [-0.05, 0) is 55.1 Å². The molecule has 1 aliphatic carbocycles. The molecule has 4 unspecified atom stereocenters. The molecule has 0 spiro atoms. The molecule has 6 atom stereocenters. The van der Waals surface area contributed by atoms with Crippen molar-refractivity contribution in [1.29, 1.82) is 0 Å². The van der Waals surface area contributed by atoms with Gasteiger partial charge in [-0.3, -0.25) is 0 Å². The summed E-state index contributed by atoms with van der Waals surface area (Å²) in [5.41, 5.74) is 0.434. The van der Waals surface area contributed by atoms with E-state index in [1.807, 2.05) is 30.3 Å². The monoisotopic (exact) mass is 458 g/mol. The van der Waals surface area contributed by atoms with E-state index in [4.69, 9.17) is 19.3 Å².